The Morgan fingerprint density at radius 3 is 2.33 bits per heavy atom. The zero-order valence-electron chi connectivity index (χ0n) is 12.0. The van der Waals surface area contributed by atoms with Crippen molar-refractivity contribution >= 4 is 11.9 Å². The molecule has 0 radical (unpaired) electrons. The van der Waals surface area contributed by atoms with Crippen LogP contribution in [-0.4, -0.2) is 30.7 Å². The molecule has 5 heteroatoms. The second kappa shape index (κ2) is 6.74. The molecule has 0 bridgehead atoms. The van der Waals surface area contributed by atoms with Crippen LogP contribution in [0.25, 0.3) is 0 Å². The summed E-state index contributed by atoms with van der Waals surface area (Å²) in [7, 11) is 2.68. The Hall–Kier alpha value is -2.56. The Labute approximate surface area is 123 Å². The summed E-state index contributed by atoms with van der Waals surface area (Å²) in [6.45, 7) is 0.491. The average molecular weight is 287 g/mol. The van der Waals surface area contributed by atoms with Gasteiger partial charge >= 0.3 is 11.9 Å². The quantitative estimate of drug-likeness (QED) is 0.790. The minimum absolute atomic E-state index is 0.111. The molecule has 0 spiro atoms. The van der Waals surface area contributed by atoms with Gasteiger partial charge in [0, 0.05) is 12.2 Å². The molecule has 1 aromatic heterocycles. The highest BCUT2D eigenvalue weighted by Gasteiger charge is 2.17. The molecule has 0 unspecified atom stereocenters. The van der Waals surface area contributed by atoms with Gasteiger partial charge in [-0.3, -0.25) is 4.79 Å². The van der Waals surface area contributed by atoms with Crippen LogP contribution < -0.4 is 0 Å². The van der Waals surface area contributed by atoms with Gasteiger partial charge in [0.15, 0.2) is 0 Å². The van der Waals surface area contributed by atoms with E-state index < -0.39 is 5.97 Å². The summed E-state index contributed by atoms with van der Waals surface area (Å²) in [4.78, 5) is 23.3. The molecule has 0 N–H and O–H groups in total. The molecular weight excluding hydrogens is 270 g/mol. The fourth-order valence-corrected chi connectivity index (χ4v) is 2.12. The van der Waals surface area contributed by atoms with Crippen LogP contribution in [0, 0.1) is 0 Å². The lowest BCUT2D eigenvalue weighted by Crippen LogP contribution is -2.16. The van der Waals surface area contributed by atoms with Crippen molar-refractivity contribution in [3.05, 3.63) is 59.4 Å². The van der Waals surface area contributed by atoms with Gasteiger partial charge < -0.3 is 14.0 Å². The van der Waals surface area contributed by atoms with Crippen molar-refractivity contribution in [2.75, 3.05) is 14.2 Å². The van der Waals surface area contributed by atoms with E-state index in [1.54, 1.807) is 16.7 Å². The van der Waals surface area contributed by atoms with Crippen LogP contribution >= 0.6 is 0 Å². The van der Waals surface area contributed by atoms with E-state index in [4.69, 9.17) is 4.74 Å². The smallest absolute Gasteiger partial charge is 0.354 e. The van der Waals surface area contributed by atoms with Gasteiger partial charge in [-0.25, -0.2) is 4.79 Å². The molecule has 2 aromatic rings. The average Bonchev–Trinajstić information content (AvgIpc) is 2.90. The monoisotopic (exact) mass is 287 g/mol. The molecule has 0 atom stereocenters. The summed E-state index contributed by atoms with van der Waals surface area (Å²) in [6, 6.07) is 13.1. The second-order valence-corrected chi connectivity index (χ2v) is 4.53. The van der Waals surface area contributed by atoms with E-state index in [2.05, 4.69) is 4.74 Å². The summed E-state index contributed by atoms with van der Waals surface area (Å²) in [6.07, 6.45) is 0.111. The maximum atomic E-state index is 11.8. The molecule has 0 aliphatic heterocycles. The largest absolute Gasteiger partial charge is 0.469 e. The van der Waals surface area contributed by atoms with E-state index in [0.29, 0.717) is 17.9 Å². The number of rotatable bonds is 5. The molecule has 0 aliphatic carbocycles. The summed E-state index contributed by atoms with van der Waals surface area (Å²) in [5.74, 6) is -0.777. The molecule has 0 fully saturated rings. The summed E-state index contributed by atoms with van der Waals surface area (Å²) in [5, 5.41) is 0. The summed E-state index contributed by atoms with van der Waals surface area (Å²) in [5.41, 5.74) is 2.16. The van der Waals surface area contributed by atoms with Crippen molar-refractivity contribution < 1.29 is 19.1 Å². The number of esters is 2. The first-order valence-electron chi connectivity index (χ1n) is 6.53. The van der Waals surface area contributed by atoms with Crippen molar-refractivity contribution in [1.82, 2.24) is 4.57 Å². The van der Waals surface area contributed by atoms with E-state index in [1.165, 1.54) is 14.2 Å². The molecule has 2 rings (SSSR count). The van der Waals surface area contributed by atoms with Crippen molar-refractivity contribution in [1.29, 1.82) is 0 Å². The van der Waals surface area contributed by atoms with Crippen LogP contribution in [0.2, 0.25) is 0 Å². The van der Waals surface area contributed by atoms with Gasteiger partial charge in [-0.2, -0.15) is 0 Å². The first kappa shape index (κ1) is 14.8. The van der Waals surface area contributed by atoms with E-state index in [1.807, 2.05) is 30.3 Å². The van der Waals surface area contributed by atoms with Gasteiger partial charge in [-0.15, -0.1) is 0 Å². The van der Waals surface area contributed by atoms with E-state index in [9.17, 15) is 9.59 Å². The van der Waals surface area contributed by atoms with Crippen LogP contribution in [-0.2, 0) is 27.2 Å². The lowest BCUT2D eigenvalue weighted by Gasteiger charge is -2.12. The molecular formula is C16H17NO4. The topological polar surface area (TPSA) is 57.5 Å². The number of nitrogens with zero attached hydrogens (tertiary/aromatic N) is 1. The standard InChI is InChI=1S/C16H17NO4/c1-20-15(18)10-13-8-9-14(16(19)21-2)17(13)11-12-6-4-3-5-7-12/h3-9H,10-11H2,1-2H3. The number of carbonyl (C=O) groups is 2. The number of benzene rings is 1. The van der Waals surface area contributed by atoms with E-state index >= 15 is 0 Å². The number of hydrogen-bond donors (Lipinski definition) is 0. The SMILES string of the molecule is COC(=O)Cc1ccc(C(=O)OC)n1Cc1ccccc1. The van der Waals surface area contributed by atoms with Crippen LogP contribution in [0.15, 0.2) is 42.5 Å². The fourth-order valence-electron chi connectivity index (χ4n) is 2.12. The molecule has 5 nitrogen and oxygen atoms in total. The van der Waals surface area contributed by atoms with Gasteiger partial charge in [0.25, 0.3) is 0 Å². The first-order valence-corrected chi connectivity index (χ1v) is 6.53. The third-order valence-corrected chi connectivity index (χ3v) is 3.20. The van der Waals surface area contributed by atoms with Crippen LogP contribution in [0.5, 0.6) is 0 Å². The third kappa shape index (κ3) is 3.51. The van der Waals surface area contributed by atoms with Gasteiger partial charge in [0.1, 0.15) is 5.69 Å². The van der Waals surface area contributed by atoms with Gasteiger partial charge in [0.05, 0.1) is 20.6 Å². The number of aromatic nitrogens is 1. The predicted octanol–water partition coefficient (Wildman–Crippen LogP) is 2.04. The zero-order valence-corrected chi connectivity index (χ0v) is 12.0. The van der Waals surface area contributed by atoms with Crippen molar-refractivity contribution in [3.8, 4) is 0 Å². The highest BCUT2D eigenvalue weighted by atomic mass is 16.5. The molecule has 21 heavy (non-hydrogen) atoms. The van der Waals surface area contributed by atoms with Crippen LogP contribution in [0.3, 0.4) is 0 Å². The first-order chi connectivity index (χ1) is 10.2. The van der Waals surface area contributed by atoms with Crippen molar-refractivity contribution in [2.24, 2.45) is 0 Å². The number of hydrogen-bond acceptors (Lipinski definition) is 4. The fraction of sp³-hybridized carbons (Fsp3) is 0.250. The second-order valence-electron chi connectivity index (χ2n) is 4.53. The van der Waals surface area contributed by atoms with Gasteiger partial charge in [-0.05, 0) is 17.7 Å². The number of ether oxygens (including phenoxy) is 2. The molecule has 1 aromatic carbocycles. The Kier molecular flexibility index (Phi) is 4.77. The van der Waals surface area contributed by atoms with Crippen LogP contribution in [0.4, 0.5) is 0 Å². The molecule has 0 saturated carbocycles. The number of carbonyl (C=O) groups excluding carboxylic acids is 2. The summed E-state index contributed by atoms with van der Waals surface area (Å²) >= 11 is 0. The lowest BCUT2D eigenvalue weighted by molar-refractivity contribution is -0.139. The van der Waals surface area contributed by atoms with Crippen LogP contribution in [0.1, 0.15) is 21.7 Å². The van der Waals surface area contributed by atoms with Gasteiger partial charge in [-0.1, -0.05) is 30.3 Å². The molecule has 1 heterocycles. The predicted molar refractivity (Wildman–Crippen MR) is 77.0 cm³/mol. The molecule has 110 valence electrons. The normalized spacial score (nSPS) is 10.2. The minimum atomic E-state index is -0.429. The maximum absolute atomic E-state index is 11.8. The molecule has 0 saturated heterocycles. The molecule has 0 aliphatic rings. The third-order valence-electron chi connectivity index (χ3n) is 3.20. The molecule has 0 amide bonds. The highest BCUT2D eigenvalue weighted by Crippen LogP contribution is 2.15. The highest BCUT2D eigenvalue weighted by molar-refractivity contribution is 5.88. The minimum Gasteiger partial charge on any atom is -0.469 e. The van der Waals surface area contributed by atoms with E-state index in [0.717, 1.165) is 5.56 Å². The lowest BCUT2D eigenvalue weighted by atomic mass is 10.2. The summed E-state index contributed by atoms with van der Waals surface area (Å²) < 4.78 is 11.2. The maximum Gasteiger partial charge on any atom is 0.354 e. The number of methoxy groups -OCH3 is 2. The van der Waals surface area contributed by atoms with E-state index in [-0.39, 0.29) is 12.4 Å². The van der Waals surface area contributed by atoms with Crippen molar-refractivity contribution in [3.63, 3.8) is 0 Å². The zero-order chi connectivity index (χ0) is 15.2. The Morgan fingerprint density at radius 1 is 1.00 bits per heavy atom. The van der Waals surface area contributed by atoms with Crippen molar-refractivity contribution in [2.45, 2.75) is 13.0 Å². The van der Waals surface area contributed by atoms with Gasteiger partial charge in [0.2, 0.25) is 0 Å². The Morgan fingerprint density at radius 2 is 1.71 bits per heavy atom. The Balaban J connectivity index is 2.36. The Bertz CT molecular complexity index is 631.